The van der Waals surface area contributed by atoms with Crippen molar-refractivity contribution in [2.24, 2.45) is 0 Å². The molecule has 0 bridgehead atoms. The first-order chi connectivity index (χ1) is 8.58. The number of aromatic nitrogens is 2. The Kier molecular flexibility index (Phi) is 4.04. The molecule has 0 aliphatic heterocycles. The smallest absolute Gasteiger partial charge is 0.0996 e. The Balaban J connectivity index is 2.14. The standard InChI is InChI=1S/C14H17ClN2O/c1-10(2)17-9-16-8-13(17)14(18)7-11-3-5-12(15)6-4-11/h3-6,8-10,14,18H,7H2,1-2H3. The number of halogens is 1. The molecule has 0 spiro atoms. The summed E-state index contributed by atoms with van der Waals surface area (Å²) in [5.74, 6) is 0. The summed E-state index contributed by atoms with van der Waals surface area (Å²) in [6.45, 7) is 4.14. The van der Waals surface area contributed by atoms with E-state index in [0.29, 0.717) is 17.5 Å². The SMILES string of the molecule is CC(C)n1cncc1C(O)Cc1ccc(Cl)cc1. The van der Waals surface area contributed by atoms with E-state index in [1.807, 2.05) is 28.8 Å². The molecular formula is C14H17ClN2O. The van der Waals surface area contributed by atoms with Crippen molar-refractivity contribution in [3.05, 3.63) is 53.1 Å². The second kappa shape index (κ2) is 5.55. The number of aliphatic hydroxyl groups is 1. The van der Waals surface area contributed by atoms with E-state index < -0.39 is 6.10 Å². The number of nitrogens with zero attached hydrogens (tertiary/aromatic N) is 2. The van der Waals surface area contributed by atoms with E-state index in [1.54, 1.807) is 12.5 Å². The predicted molar refractivity (Wildman–Crippen MR) is 72.7 cm³/mol. The minimum atomic E-state index is -0.545. The van der Waals surface area contributed by atoms with Gasteiger partial charge in [0, 0.05) is 17.5 Å². The predicted octanol–water partition coefficient (Wildman–Crippen LogP) is 3.39. The Morgan fingerprint density at radius 3 is 2.56 bits per heavy atom. The van der Waals surface area contributed by atoms with Gasteiger partial charge in [-0.25, -0.2) is 4.98 Å². The summed E-state index contributed by atoms with van der Waals surface area (Å²) in [7, 11) is 0. The highest BCUT2D eigenvalue weighted by molar-refractivity contribution is 6.30. The van der Waals surface area contributed by atoms with Crippen LogP contribution in [-0.2, 0) is 6.42 Å². The van der Waals surface area contributed by atoms with Gasteiger partial charge in [-0.05, 0) is 31.5 Å². The quantitative estimate of drug-likeness (QED) is 0.919. The van der Waals surface area contributed by atoms with Crippen LogP contribution in [0.2, 0.25) is 5.02 Å². The lowest BCUT2D eigenvalue weighted by Crippen LogP contribution is -2.10. The fourth-order valence-corrected chi connectivity index (χ4v) is 2.08. The highest BCUT2D eigenvalue weighted by atomic mass is 35.5. The molecule has 1 aromatic carbocycles. The van der Waals surface area contributed by atoms with E-state index in [4.69, 9.17) is 11.6 Å². The molecule has 1 aromatic heterocycles. The minimum Gasteiger partial charge on any atom is -0.386 e. The van der Waals surface area contributed by atoms with Crippen LogP contribution in [0, 0.1) is 0 Å². The van der Waals surface area contributed by atoms with E-state index >= 15 is 0 Å². The summed E-state index contributed by atoms with van der Waals surface area (Å²) < 4.78 is 1.99. The molecule has 1 heterocycles. The maximum absolute atomic E-state index is 10.3. The van der Waals surface area contributed by atoms with Crippen molar-refractivity contribution in [3.63, 3.8) is 0 Å². The normalized spacial score (nSPS) is 12.9. The molecule has 0 aliphatic rings. The number of rotatable bonds is 4. The van der Waals surface area contributed by atoms with Gasteiger partial charge >= 0.3 is 0 Å². The molecule has 0 aliphatic carbocycles. The molecule has 3 nitrogen and oxygen atoms in total. The van der Waals surface area contributed by atoms with Gasteiger partial charge in [-0.2, -0.15) is 0 Å². The van der Waals surface area contributed by atoms with E-state index in [1.165, 1.54) is 0 Å². The van der Waals surface area contributed by atoms with Gasteiger partial charge in [0.15, 0.2) is 0 Å². The Bertz CT molecular complexity index is 505. The van der Waals surface area contributed by atoms with E-state index in [-0.39, 0.29) is 0 Å². The fraction of sp³-hybridized carbons (Fsp3) is 0.357. The zero-order valence-corrected chi connectivity index (χ0v) is 11.3. The van der Waals surface area contributed by atoms with Crippen LogP contribution in [0.3, 0.4) is 0 Å². The summed E-state index contributed by atoms with van der Waals surface area (Å²) in [5.41, 5.74) is 1.91. The topological polar surface area (TPSA) is 38.0 Å². The lowest BCUT2D eigenvalue weighted by Gasteiger charge is -2.16. The molecular weight excluding hydrogens is 248 g/mol. The van der Waals surface area contributed by atoms with Crippen LogP contribution in [-0.4, -0.2) is 14.7 Å². The number of hydrogen-bond acceptors (Lipinski definition) is 2. The summed E-state index contributed by atoms with van der Waals surface area (Å²) >= 11 is 5.84. The van der Waals surface area contributed by atoms with Gasteiger partial charge in [0.25, 0.3) is 0 Å². The molecule has 4 heteroatoms. The zero-order valence-electron chi connectivity index (χ0n) is 10.5. The third kappa shape index (κ3) is 2.92. The first kappa shape index (κ1) is 13.1. The van der Waals surface area contributed by atoms with Crippen molar-refractivity contribution < 1.29 is 5.11 Å². The third-order valence-electron chi connectivity index (χ3n) is 2.94. The summed E-state index contributed by atoms with van der Waals surface area (Å²) in [4.78, 5) is 4.10. The Morgan fingerprint density at radius 1 is 1.28 bits per heavy atom. The molecule has 0 fully saturated rings. The van der Waals surface area contributed by atoms with Crippen LogP contribution in [0.1, 0.15) is 37.3 Å². The molecule has 0 saturated carbocycles. The second-order valence-corrected chi connectivity index (χ2v) is 5.10. The van der Waals surface area contributed by atoms with Crippen molar-refractivity contribution in [2.45, 2.75) is 32.4 Å². The Hall–Kier alpha value is -1.32. The average Bonchev–Trinajstić information content (AvgIpc) is 2.81. The number of hydrogen-bond donors (Lipinski definition) is 1. The van der Waals surface area contributed by atoms with E-state index in [9.17, 15) is 5.11 Å². The summed E-state index contributed by atoms with van der Waals surface area (Å²) in [5, 5.41) is 11.0. The van der Waals surface area contributed by atoms with Gasteiger partial charge in [-0.15, -0.1) is 0 Å². The van der Waals surface area contributed by atoms with Crippen LogP contribution < -0.4 is 0 Å². The molecule has 2 aromatic rings. The van der Waals surface area contributed by atoms with E-state index in [0.717, 1.165) is 11.3 Å². The lowest BCUT2D eigenvalue weighted by atomic mass is 10.1. The van der Waals surface area contributed by atoms with Crippen LogP contribution in [0.5, 0.6) is 0 Å². The van der Waals surface area contributed by atoms with Gasteiger partial charge < -0.3 is 9.67 Å². The van der Waals surface area contributed by atoms with E-state index in [2.05, 4.69) is 18.8 Å². The van der Waals surface area contributed by atoms with Crippen molar-refractivity contribution in [3.8, 4) is 0 Å². The largest absolute Gasteiger partial charge is 0.386 e. The minimum absolute atomic E-state index is 0.294. The molecule has 2 rings (SSSR count). The van der Waals surface area contributed by atoms with Crippen LogP contribution in [0.15, 0.2) is 36.8 Å². The number of benzene rings is 1. The first-order valence-corrected chi connectivity index (χ1v) is 6.40. The molecule has 1 atom stereocenters. The van der Waals surface area contributed by atoms with Crippen molar-refractivity contribution in [1.82, 2.24) is 9.55 Å². The van der Waals surface area contributed by atoms with Gasteiger partial charge in [0.1, 0.15) is 0 Å². The van der Waals surface area contributed by atoms with Crippen LogP contribution >= 0.6 is 11.6 Å². The summed E-state index contributed by atoms with van der Waals surface area (Å²) in [6.07, 6.45) is 3.50. The van der Waals surface area contributed by atoms with Crippen LogP contribution in [0.4, 0.5) is 0 Å². The molecule has 96 valence electrons. The van der Waals surface area contributed by atoms with Gasteiger partial charge in [0.2, 0.25) is 0 Å². The maximum Gasteiger partial charge on any atom is 0.0996 e. The Morgan fingerprint density at radius 2 is 1.94 bits per heavy atom. The van der Waals surface area contributed by atoms with Crippen molar-refractivity contribution in [1.29, 1.82) is 0 Å². The highest BCUT2D eigenvalue weighted by Crippen LogP contribution is 2.21. The van der Waals surface area contributed by atoms with Gasteiger partial charge in [-0.1, -0.05) is 23.7 Å². The lowest BCUT2D eigenvalue weighted by molar-refractivity contribution is 0.167. The Labute approximate surface area is 112 Å². The van der Waals surface area contributed by atoms with Crippen molar-refractivity contribution >= 4 is 11.6 Å². The number of imidazole rings is 1. The zero-order chi connectivity index (χ0) is 13.1. The molecule has 1 unspecified atom stereocenters. The molecule has 0 radical (unpaired) electrons. The highest BCUT2D eigenvalue weighted by Gasteiger charge is 2.15. The maximum atomic E-state index is 10.3. The molecule has 1 N–H and O–H groups in total. The summed E-state index contributed by atoms with van der Waals surface area (Å²) in [6, 6.07) is 7.83. The van der Waals surface area contributed by atoms with Gasteiger partial charge in [0.05, 0.1) is 24.3 Å². The second-order valence-electron chi connectivity index (χ2n) is 4.67. The first-order valence-electron chi connectivity index (χ1n) is 6.02. The monoisotopic (exact) mass is 264 g/mol. The fourth-order valence-electron chi connectivity index (χ4n) is 1.95. The van der Waals surface area contributed by atoms with Crippen molar-refractivity contribution in [2.75, 3.05) is 0 Å². The number of aliphatic hydroxyl groups excluding tert-OH is 1. The van der Waals surface area contributed by atoms with Crippen LogP contribution in [0.25, 0.3) is 0 Å². The molecule has 18 heavy (non-hydrogen) atoms. The third-order valence-corrected chi connectivity index (χ3v) is 3.19. The van der Waals surface area contributed by atoms with Gasteiger partial charge in [-0.3, -0.25) is 0 Å². The average molecular weight is 265 g/mol. The molecule has 0 saturated heterocycles. The molecule has 0 amide bonds.